The molecule has 0 amide bonds. The fraction of sp³-hybridized carbons (Fsp3) is 0.217. The monoisotopic (exact) mass is 417 g/mol. The Morgan fingerprint density at radius 1 is 1.16 bits per heavy atom. The third-order valence-electron chi connectivity index (χ3n) is 5.44. The Balaban J connectivity index is 1.64. The van der Waals surface area contributed by atoms with Gasteiger partial charge in [-0.3, -0.25) is 9.38 Å². The highest BCUT2D eigenvalue weighted by molar-refractivity contribution is 5.80. The van der Waals surface area contributed by atoms with Crippen molar-refractivity contribution in [3.05, 3.63) is 71.7 Å². The summed E-state index contributed by atoms with van der Waals surface area (Å²) in [6.07, 6.45) is 4.25. The Hall–Kier alpha value is -3.81. The van der Waals surface area contributed by atoms with Gasteiger partial charge in [0.15, 0.2) is 17.2 Å². The molecule has 156 valence electrons. The number of aromatic nitrogens is 5. The number of rotatable bonds is 5. The number of aryl methyl sites for hydroxylation is 1. The molecule has 0 fully saturated rings. The van der Waals surface area contributed by atoms with Crippen molar-refractivity contribution in [2.24, 2.45) is 0 Å². The molecule has 0 N–H and O–H groups in total. The summed E-state index contributed by atoms with van der Waals surface area (Å²) in [5.74, 6) is 1.29. The van der Waals surface area contributed by atoms with E-state index in [1.165, 1.54) is 6.07 Å². The van der Waals surface area contributed by atoms with Crippen molar-refractivity contribution in [3.63, 3.8) is 0 Å². The number of hydrogen-bond donors (Lipinski definition) is 0. The molecule has 0 bridgehead atoms. The highest BCUT2D eigenvalue weighted by atomic mass is 19.1. The zero-order valence-electron chi connectivity index (χ0n) is 17.3. The third-order valence-corrected chi connectivity index (χ3v) is 5.44. The van der Waals surface area contributed by atoms with Crippen LogP contribution in [0.3, 0.4) is 0 Å². The summed E-state index contributed by atoms with van der Waals surface area (Å²) >= 11 is 0. The summed E-state index contributed by atoms with van der Waals surface area (Å²) in [5, 5.41) is 13.3. The normalized spacial score (nSPS) is 12.5. The van der Waals surface area contributed by atoms with E-state index in [-0.39, 0.29) is 11.6 Å². The summed E-state index contributed by atoms with van der Waals surface area (Å²) < 4.78 is 27.1. The van der Waals surface area contributed by atoms with Gasteiger partial charge in [0.05, 0.1) is 24.5 Å². The Bertz CT molecular complexity index is 1410. The molecule has 0 aliphatic rings. The van der Waals surface area contributed by atoms with Crippen LogP contribution in [0.15, 0.2) is 53.3 Å². The van der Waals surface area contributed by atoms with Gasteiger partial charge in [0.1, 0.15) is 11.6 Å². The van der Waals surface area contributed by atoms with Crippen LogP contribution in [0.25, 0.3) is 27.9 Å². The molecule has 31 heavy (non-hydrogen) atoms. The quantitative estimate of drug-likeness (QED) is 0.403. The van der Waals surface area contributed by atoms with Gasteiger partial charge in [-0.1, -0.05) is 18.1 Å². The predicted molar refractivity (Wildman–Crippen MR) is 114 cm³/mol. The number of hydrogen-bond acceptors (Lipinski definition) is 6. The largest absolute Gasteiger partial charge is 0.495 e. The van der Waals surface area contributed by atoms with Crippen LogP contribution in [0.5, 0.6) is 5.75 Å². The van der Waals surface area contributed by atoms with E-state index in [2.05, 4.69) is 33.3 Å². The maximum Gasteiger partial charge on any atom is 0.196 e. The molecule has 0 spiro atoms. The number of methoxy groups -OCH3 is 1. The average molecular weight is 417 g/mol. The molecule has 5 rings (SSSR count). The number of fused-ring (bicyclic) bond motifs is 2. The van der Waals surface area contributed by atoms with E-state index in [1.54, 1.807) is 30.0 Å². The van der Waals surface area contributed by atoms with E-state index in [9.17, 15) is 4.39 Å². The van der Waals surface area contributed by atoms with Gasteiger partial charge in [-0.25, -0.2) is 4.39 Å². The Morgan fingerprint density at radius 3 is 2.77 bits per heavy atom. The van der Waals surface area contributed by atoms with Crippen molar-refractivity contribution >= 4 is 16.6 Å². The van der Waals surface area contributed by atoms with Crippen LogP contribution in [0, 0.1) is 12.7 Å². The van der Waals surface area contributed by atoms with Crippen LogP contribution < -0.4 is 4.74 Å². The second kappa shape index (κ2) is 7.46. The molecular formula is C23H20FN5O2. The molecule has 1 atom stereocenters. The second-order valence-corrected chi connectivity index (χ2v) is 7.45. The summed E-state index contributed by atoms with van der Waals surface area (Å²) in [5.41, 5.74) is 3.40. The number of ether oxygens (including phenoxy) is 1. The smallest absolute Gasteiger partial charge is 0.196 e. The average Bonchev–Trinajstić information content (AvgIpc) is 3.41. The molecule has 5 aromatic rings. The van der Waals surface area contributed by atoms with Crippen LogP contribution >= 0.6 is 0 Å². The molecule has 4 heterocycles. The molecule has 1 aromatic carbocycles. The van der Waals surface area contributed by atoms with Gasteiger partial charge >= 0.3 is 0 Å². The Morgan fingerprint density at radius 2 is 2.03 bits per heavy atom. The molecule has 0 unspecified atom stereocenters. The lowest BCUT2D eigenvalue weighted by molar-refractivity contribution is 0.414. The maximum atomic E-state index is 14.8. The highest BCUT2D eigenvalue weighted by Gasteiger charge is 2.22. The third kappa shape index (κ3) is 3.30. The van der Waals surface area contributed by atoms with Crippen molar-refractivity contribution in [2.75, 3.05) is 7.11 Å². The standard InChI is InChI=1S/C23H20FN5O2/c1-4-18(14-5-6-20-15(8-14)9-17(30-3)11-25-20)22-26-27-23-19(24)10-16(12-29(22)23)21-7-13(2)28-31-21/h5-12,18H,4H2,1-3H3/t18-/m0/s1. The number of nitrogens with zero attached hydrogens (tertiary/aromatic N) is 5. The van der Waals surface area contributed by atoms with Gasteiger partial charge in [-0.15, -0.1) is 10.2 Å². The fourth-order valence-electron chi connectivity index (χ4n) is 3.87. The Kier molecular flexibility index (Phi) is 4.62. The van der Waals surface area contributed by atoms with Crippen molar-refractivity contribution in [1.29, 1.82) is 0 Å². The molecule has 0 saturated carbocycles. The summed E-state index contributed by atoms with van der Waals surface area (Å²) in [4.78, 5) is 4.43. The van der Waals surface area contributed by atoms with Crippen molar-refractivity contribution in [1.82, 2.24) is 24.7 Å². The molecule has 0 radical (unpaired) electrons. The zero-order chi connectivity index (χ0) is 21.5. The van der Waals surface area contributed by atoms with Gasteiger partial charge in [0, 0.05) is 29.1 Å². The molecule has 0 saturated heterocycles. The van der Waals surface area contributed by atoms with E-state index in [1.807, 2.05) is 25.1 Å². The van der Waals surface area contributed by atoms with Gasteiger partial charge < -0.3 is 9.26 Å². The van der Waals surface area contributed by atoms with Crippen LogP contribution in [0.4, 0.5) is 4.39 Å². The van der Waals surface area contributed by atoms with Crippen LogP contribution in [-0.4, -0.2) is 31.8 Å². The minimum Gasteiger partial charge on any atom is -0.495 e. The maximum absolute atomic E-state index is 14.8. The highest BCUT2D eigenvalue weighted by Crippen LogP contribution is 2.32. The summed E-state index contributed by atoms with van der Waals surface area (Å²) in [7, 11) is 1.62. The van der Waals surface area contributed by atoms with E-state index in [4.69, 9.17) is 9.26 Å². The first-order valence-corrected chi connectivity index (χ1v) is 9.99. The van der Waals surface area contributed by atoms with E-state index < -0.39 is 5.82 Å². The molecule has 0 aliphatic heterocycles. The van der Waals surface area contributed by atoms with E-state index >= 15 is 0 Å². The summed E-state index contributed by atoms with van der Waals surface area (Å²) in [6.45, 7) is 3.89. The van der Waals surface area contributed by atoms with Gasteiger partial charge in [0.2, 0.25) is 0 Å². The molecule has 7 nitrogen and oxygen atoms in total. The number of pyridine rings is 2. The summed E-state index contributed by atoms with van der Waals surface area (Å²) in [6, 6.07) is 11.2. The Labute approximate surface area is 177 Å². The minimum atomic E-state index is -0.465. The van der Waals surface area contributed by atoms with Crippen molar-refractivity contribution in [2.45, 2.75) is 26.2 Å². The molecule has 8 heteroatoms. The number of benzene rings is 1. The first kappa shape index (κ1) is 19.2. The lowest BCUT2D eigenvalue weighted by Crippen LogP contribution is -2.06. The van der Waals surface area contributed by atoms with Crippen LogP contribution in [0.2, 0.25) is 0 Å². The topological polar surface area (TPSA) is 78.3 Å². The predicted octanol–water partition coefficient (Wildman–Crippen LogP) is 4.93. The lowest BCUT2D eigenvalue weighted by atomic mass is 9.94. The van der Waals surface area contributed by atoms with E-state index in [0.717, 1.165) is 28.6 Å². The fourth-order valence-corrected chi connectivity index (χ4v) is 3.87. The zero-order valence-corrected chi connectivity index (χ0v) is 17.3. The number of halogens is 1. The van der Waals surface area contributed by atoms with E-state index in [0.29, 0.717) is 22.9 Å². The molecule has 0 aliphatic carbocycles. The van der Waals surface area contributed by atoms with Crippen LogP contribution in [0.1, 0.15) is 36.3 Å². The SMILES string of the molecule is CC[C@@H](c1ccc2ncc(OC)cc2c1)c1nnc2c(F)cc(-c3cc(C)no3)cn12. The van der Waals surface area contributed by atoms with Crippen molar-refractivity contribution < 1.29 is 13.7 Å². The van der Waals surface area contributed by atoms with Gasteiger partial charge in [0.25, 0.3) is 0 Å². The van der Waals surface area contributed by atoms with Crippen molar-refractivity contribution in [3.8, 4) is 17.1 Å². The first-order valence-electron chi connectivity index (χ1n) is 9.99. The molecule has 4 aromatic heterocycles. The van der Waals surface area contributed by atoms with Gasteiger partial charge in [-0.2, -0.15) is 0 Å². The first-order chi connectivity index (χ1) is 15.1. The lowest BCUT2D eigenvalue weighted by Gasteiger charge is -2.15. The molecular weight excluding hydrogens is 397 g/mol. The van der Waals surface area contributed by atoms with Gasteiger partial charge in [-0.05, 0) is 43.2 Å². The minimum absolute atomic E-state index is 0.0864. The second-order valence-electron chi connectivity index (χ2n) is 7.45. The van der Waals surface area contributed by atoms with Crippen LogP contribution in [-0.2, 0) is 0 Å².